The first kappa shape index (κ1) is 25.0. The number of nitrogens with two attached hydrogens (primary N) is 1. The second-order valence-electron chi connectivity index (χ2n) is 10.1. The van der Waals surface area contributed by atoms with Gasteiger partial charge in [-0.25, -0.2) is 4.98 Å². The van der Waals surface area contributed by atoms with Crippen molar-refractivity contribution in [2.45, 2.75) is 62.8 Å². The number of anilines is 2. The van der Waals surface area contributed by atoms with Gasteiger partial charge in [-0.05, 0) is 74.8 Å². The molecule has 196 valence electrons. The molecule has 2 atom stereocenters. The third kappa shape index (κ3) is 5.40. The van der Waals surface area contributed by atoms with Crippen LogP contribution in [0.1, 0.15) is 69.6 Å². The number of alkyl halides is 3. The van der Waals surface area contributed by atoms with Crippen molar-refractivity contribution in [1.82, 2.24) is 10.3 Å². The van der Waals surface area contributed by atoms with E-state index in [-0.39, 0.29) is 24.0 Å². The summed E-state index contributed by atoms with van der Waals surface area (Å²) in [5.74, 6) is -1.60. The van der Waals surface area contributed by atoms with Gasteiger partial charge in [0.25, 0.3) is 17.6 Å². The molecule has 0 spiro atoms. The number of piperidine rings is 1. The van der Waals surface area contributed by atoms with Crippen LogP contribution < -0.4 is 21.3 Å². The Kier molecular flexibility index (Phi) is 6.55. The molecule has 5 rings (SSSR count). The molecule has 2 unspecified atom stereocenters. The standard InChI is InChI=1S/C26H28F3N5O3/c27-26(28,29)23(35)16-4-8-22(32-13-16)34-18-5-6-19(34)11-17(10-18)33-25(37)15-3-7-20(24(30)36)21(9-15)31-12-14-1-2-14/h3-4,7-9,13-14,17-19,31H,1-2,5-6,10-12H2,(H2,30,36)(H,33,37). The number of halogens is 3. The molecule has 1 aromatic heterocycles. The van der Waals surface area contributed by atoms with E-state index < -0.39 is 23.4 Å². The molecule has 4 N–H and O–H groups in total. The van der Waals surface area contributed by atoms with Crippen LogP contribution >= 0.6 is 0 Å². The predicted molar refractivity (Wildman–Crippen MR) is 131 cm³/mol. The van der Waals surface area contributed by atoms with Crippen molar-refractivity contribution < 1.29 is 27.6 Å². The van der Waals surface area contributed by atoms with Crippen LogP contribution in [0.3, 0.4) is 0 Å². The molecular formula is C26H28F3N5O3. The highest BCUT2D eigenvalue weighted by Gasteiger charge is 2.43. The summed E-state index contributed by atoms with van der Waals surface area (Å²) in [6, 6.07) is 7.52. The predicted octanol–water partition coefficient (Wildman–Crippen LogP) is 3.68. The van der Waals surface area contributed by atoms with Gasteiger partial charge in [0.05, 0.1) is 5.56 Å². The Balaban J connectivity index is 1.24. The van der Waals surface area contributed by atoms with Crippen molar-refractivity contribution in [3.8, 4) is 0 Å². The van der Waals surface area contributed by atoms with Crippen LogP contribution in [0.25, 0.3) is 0 Å². The molecule has 0 radical (unpaired) electrons. The van der Waals surface area contributed by atoms with Gasteiger partial charge in [0.2, 0.25) is 0 Å². The van der Waals surface area contributed by atoms with E-state index in [0.29, 0.717) is 41.4 Å². The van der Waals surface area contributed by atoms with E-state index in [4.69, 9.17) is 5.73 Å². The number of hydrogen-bond acceptors (Lipinski definition) is 6. The number of benzene rings is 1. The molecule has 2 saturated heterocycles. The van der Waals surface area contributed by atoms with Gasteiger partial charge in [-0.3, -0.25) is 14.4 Å². The fourth-order valence-corrected chi connectivity index (χ4v) is 5.40. The maximum absolute atomic E-state index is 13.1. The van der Waals surface area contributed by atoms with Gasteiger partial charge in [-0.1, -0.05) is 0 Å². The van der Waals surface area contributed by atoms with Crippen molar-refractivity contribution in [3.05, 3.63) is 53.2 Å². The number of carbonyl (C=O) groups excluding carboxylic acids is 3. The van der Waals surface area contributed by atoms with E-state index >= 15 is 0 Å². The van der Waals surface area contributed by atoms with Gasteiger partial charge in [0.15, 0.2) is 0 Å². The Morgan fingerprint density at radius 2 is 1.68 bits per heavy atom. The van der Waals surface area contributed by atoms with Crippen molar-refractivity contribution in [1.29, 1.82) is 0 Å². The summed E-state index contributed by atoms with van der Waals surface area (Å²) >= 11 is 0. The van der Waals surface area contributed by atoms with Crippen LogP contribution in [0, 0.1) is 5.92 Å². The van der Waals surface area contributed by atoms with Crippen molar-refractivity contribution in [2.75, 3.05) is 16.8 Å². The maximum atomic E-state index is 13.1. The van der Waals surface area contributed by atoms with Crippen LogP contribution in [0.15, 0.2) is 36.5 Å². The molecule has 1 saturated carbocycles. The molecule has 1 aliphatic carbocycles. The van der Waals surface area contributed by atoms with Gasteiger partial charge < -0.3 is 21.3 Å². The van der Waals surface area contributed by atoms with E-state index in [1.165, 1.54) is 6.07 Å². The topological polar surface area (TPSA) is 117 Å². The molecule has 3 heterocycles. The van der Waals surface area contributed by atoms with Crippen LogP contribution in [0.5, 0.6) is 0 Å². The van der Waals surface area contributed by atoms with Gasteiger partial charge >= 0.3 is 6.18 Å². The molecule has 37 heavy (non-hydrogen) atoms. The first-order chi connectivity index (χ1) is 17.6. The number of pyridine rings is 1. The summed E-state index contributed by atoms with van der Waals surface area (Å²) in [4.78, 5) is 42.6. The summed E-state index contributed by atoms with van der Waals surface area (Å²) in [7, 11) is 0. The molecule has 2 amide bonds. The fraction of sp³-hybridized carbons (Fsp3) is 0.462. The third-order valence-electron chi connectivity index (χ3n) is 7.43. The number of fused-ring (bicyclic) bond motifs is 2. The van der Waals surface area contributed by atoms with Crippen LogP contribution in [-0.4, -0.2) is 53.4 Å². The van der Waals surface area contributed by atoms with Gasteiger partial charge in [0.1, 0.15) is 5.82 Å². The first-order valence-corrected chi connectivity index (χ1v) is 12.4. The number of aromatic nitrogens is 1. The lowest BCUT2D eigenvalue weighted by atomic mass is 9.96. The van der Waals surface area contributed by atoms with E-state index in [1.54, 1.807) is 18.2 Å². The highest BCUT2D eigenvalue weighted by atomic mass is 19.4. The average molecular weight is 516 g/mol. The molecule has 2 aromatic rings. The van der Waals surface area contributed by atoms with Crippen molar-refractivity contribution in [2.24, 2.45) is 11.7 Å². The lowest BCUT2D eigenvalue weighted by Gasteiger charge is -2.40. The van der Waals surface area contributed by atoms with E-state index in [0.717, 1.165) is 44.5 Å². The zero-order valence-electron chi connectivity index (χ0n) is 20.1. The molecule has 1 aromatic carbocycles. The summed E-state index contributed by atoms with van der Waals surface area (Å²) < 4.78 is 38.1. The minimum absolute atomic E-state index is 0.0775. The summed E-state index contributed by atoms with van der Waals surface area (Å²) in [6.07, 6.45) is 1.42. The molecule has 3 aliphatic rings. The number of primary amides is 1. The summed E-state index contributed by atoms with van der Waals surface area (Å²) in [6.45, 7) is 0.729. The lowest BCUT2D eigenvalue weighted by molar-refractivity contribution is -0.0885. The molecule has 11 heteroatoms. The zero-order valence-corrected chi connectivity index (χ0v) is 20.1. The number of ketones is 1. The minimum atomic E-state index is -4.94. The number of hydrogen-bond donors (Lipinski definition) is 3. The molecule has 8 nitrogen and oxygen atoms in total. The van der Waals surface area contributed by atoms with E-state index in [2.05, 4.69) is 20.5 Å². The molecule has 2 aliphatic heterocycles. The Morgan fingerprint density at radius 3 is 2.24 bits per heavy atom. The monoisotopic (exact) mass is 515 g/mol. The van der Waals surface area contributed by atoms with E-state index in [9.17, 15) is 27.6 Å². The number of carbonyl (C=O) groups is 3. The minimum Gasteiger partial charge on any atom is -0.384 e. The lowest BCUT2D eigenvalue weighted by Crippen LogP contribution is -2.50. The number of amides is 2. The summed E-state index contributed by atoms with van der Waals surface area (Å²) in [5, 5.41) is 6.35. The molecular weight excluding hydrogens is 487 g/mol. The number of rotatable bonds is 8. The highest BCUT2D eigenvalue weighted by molar-refractivity contribution is 6.02. The fourth-order valence-electron chi connectivity index (χ4n) is 5.40. The quantitative estimate of drug-likeness (QED) is 0.462. The van der Waals surface area contributed by atoms with Gasteiger partial charge in [-0.15, -0.1) is 0 Å². The zero-order chi connectivity index (χ0) is 26.3. The second-order valence-corrected chi connectivity index (χ2v) is 10.1. The van der Waals surface area contributed by atoms with Crippen molar-refractivity contribution in [3.63, 3.8) is 0 Å². The first-order valence-electron chi connectivity index (χ1n) is 12.4. The normalized spacial score (nSPS) is 23.0. The van der Waals surface area contributed by atoms with Crippen LogP contribution in [0.2, 0.25) is 0 Å². The number of nitrogens with zero attached hydrogens (tertiary/aromatic N) is 2. The van der Waals surface area contributed by atoms with E-state index in [1.807, 2.05) is 0 Å². The smallest absolute Gasteiger partial charge is 0.384 e. The molecule has 2 bridgehead atoms. The second kappa shape index (κ2) is 9.68. The highest BCUT2D eigenvalue weighted by Crippen LogP contribution is 2.39. The van der Waals surface area contributed by atoms with Gasteiger partial charge in [0, 0.05) is 47.7 Å². The Morgan fingerprint density at radius 1 is 1.00 bits per heavy atom. The SMILES string of the molecule is NC(=O)c1ccc(C(=O)NC2CC3CCC(C2)N3c2ccc(C(=O)C(F)(F)F)cn2)cc1NCC1CC1. The molecule has 3 fully saturated rings. The summed E-state index contributed by atoms with van der Waals surface area (Å²) in [5.41, 5.74) is 6.35. The Bertz CT molecular complexity index is 1200. The average Bonchev–Trinajstić information content (AvgIpc) is 3.65. The van der Waals surface area contributed by atoms with Gasteiger partial charge in [-0.2, -0.15) is 13.2 Å². The van der Waals surface area contributed by atoms with Crippen LogP contribution in [-0.2, 0) is 0 Å². The largest absolute Gasteiger partial charge is 0.454 e. The third-order valence-corrected chi connectivity index (χ3v) is 7.43. The Labute approximate surface area is 211 Å². The van der Waals surface area contributed by atoms with Crippen LogP contribution in [0.4, 0.5) is 24.7 Å². The van der Waals surface area contributed by atoms with Crippen molar-refractivity contribution >= 4 is 29.1 Å². The number of nitrogens with one attached hydrogen (secondary N) is 2. The Hall–Kier alpha value is -3.63. The number of Topliss-reactive ketones (excluding diaryl/α,β-unsaturated/α-hetero) is 1. The maximum Gasteiger partial charge on any atom is 0.454 e.